The van der Waals surface area contributed by atoms with Crippen LogP contribution in [0.4, 0.5) is 0 Å². The summed E-state index contributed by atoms with van der Waals surface area (Å²) >= 11 is 0. The molecule has 2 atom stereocenters. The highest BCUT2D eigenvalue weighted by Crippen LogP contribution is 2.00. The molecule has 0 aromatic carbocycles. The third-order valence-electron chi connectivity index (χ3n) is 1.81. The van der Waals surface area contributed by atoms with Gasteiger partial charge in [0.15, 0.2) is 0 Å². The Morgan fingerprint density at radius 3 is 2.58 bits per heavy atom. The molecular formula is C8H21N3O. The van der Waals surface area contributed by atoms with Crippen LogP contribution in [0.2, 0.25) is 0 Å². The van der Waals surface area contributed by atoms with Crippen molar-refractivity contribution in [3.05, 3.63) is 0 Å². The number of aliphatic hydroxyl groups excluding tert-OH is 1. The molecule has 0 fully saturated rings. The Morgan fingerprint density at radius 2 is 2.08 bits per heavy atom. The van der Waals surface area contributed by atoms with E-state index in [4.69, 9.17) is 11.5 Å². The second kappa shape index (κ2) is 7.49. The molecule has 12 heavy (non-hydrogen) atoms. The summed E-state index contributed by atoms with van der Waals surface area (Å²) in [6.45, 7) is 3.38. The van der Waals surface area contributed by atoms with Crippen LogP contribution in [0.1, 0.15) is 26.2 Å². The molecule has 0 aromatic rings. The van der Waals surface area contributed by atoms with Gasteiger partial charge in [0.2, 0.25) is 0 Å². The van der Waals surface area contributed by atoms with Gasteiger partial charge in [0.1, 0.15) is 6.23 Å². The van der Waals surface area contributed by atoms with Crippen LogP contribution in [0.25, 0.3) is 0 Å². The van der Waals surface area contributed by atoms with Crippen molar-refractivity contribution in [2.75, 3.05) is 13.1 Å². The zero-order chi connectivity index (χ0) is 9.40. The van der Waals surface area contributed by atoms with Crippen LogP contribution in [-0.2, 0) is 0 Å². The van der Waals surface area contributed by atoms with Gasteiger partial charge in [0, 0.05) is 6.04 Å². The Kier molecular flexibility index (Phi) is 7.39. The van der Waals surface area contributed by atoms with E-state index in [-0.39, 0.29) is 6.04 Å². The second-order valence-corrected chi connectivity index (χ2v) is 2.95. The van der Waals surface area contributed by atoms with Crippen molar-refractivity contribution >= 4 is 0 Å². The molecule has 0 aromatic heterocycles. The third kappa shape index (κ3) is 5.49. The fraction of sp³-hybridized carbons (Fsp3) is 1.00. The van der Waals surface area contributed by atoms with Gasteiger partial charge in [-0.1, -0.05) is 13.3 Å². The number of nitrogens with one attached hydrogen (secondary N) is 1. The Bertz CT molecular complexity index is 100. The van der Waals surface area contributed by atoms with Crippen molar-refractivity contribution < 1.29 is 5.11 Å². The number of hydrogen-bond donors (Lipinski definition) is 4. The van der Waals surface area contributed by atoms with Crippen LogP contribution < -0.4 is 16.8 Å². The van der Waals surface area contributed by atoms with Gasteiger partial charge in [-0.2, -0.15) is 0 Å². The number of unbranched alkanes of at least 4 members (excludes halogenated alkanes) is 1. The minimum Gasteiger partial charge on any atom is -0.377 e. The minimum atomic E-state index is -0.576. The normalized spacial score (nSPS) is 16.0. The van der Waals surface area contributed by atoms with Gasteiger partial charge in [-0.25, -0.2) is 0 Å². The molecule has 0 aliphatic carbocycles. The standard InChI is InChI=1S/C8H21N3O/c1-2-11-8(12)7(10)5-3-4-6-9/h7-8,11-12H,2-6,9-10H2,1H3. The van der Waals surface area contributed by atoms with Crippen LogP contribution in [0.3, 0.4) is 0 Å². The van der Waals surface area contributed by atoms with E-state index >= 15 is 0 Å². The van der Waals surface area contributed by atoms with E-state index in [1.165, 1.54) is 0 Å². The maximum absolute atomic E-state index is 9.35. The smallest absolute Gasteiger partial charge is 0.120 e. The van der Waals surface area contributed by atoms with Crippen molar-refractivity contribution in [1.29, 1.82) is 0 Å². The molecule has 6 N–H and O–H groups in total. The Morgan fingerprint density at radius 1 is 1.42 bits per heavy atom. The molecule has 0 saturated heterocycles. The fourth-order valence-electron chi connectivity index (χ4n) is 1.04. The van der Waals surface area contributed by atoms with Gasteiger partial charge in [0.25, 0.3) is 0 Å². The minimum absolute atomic E-state index is 0.170. The maximum Gasteiger partial charge on any atom is 0.120 e. The van der Waals surface area contributed by atoms with Gasteiger partial charge in [-0.15, -0.1) is 0 Å². The quantitative estimate of drug-likeness (QED) is 0.307. The average molecular weight is 175 g/mol. The number of hydrogen-bond acceptors (Lipinski definition) is 4. The first-order valence-electron chi connectivity index (χ1n) is 4.59. The van der Waals surface area contributed by atoms with Gasteiger partial charge < -0.3 is 16.6 Å². The largest absolute Gasteiger partial charge is 0.377 e. The van der Waals surface area contributed by atoms with Crippen LogP contribution in [-0.4, -0.2) is 30.5 Å². The molecule has 4 nitrogen and oxygen atoms in total. The Labute approximate surface area is 74.3 Å². The molecule has 2 unspecified atom stereocenters. The highest BCUT2D eigenvalue weighted by atomic mass is 16.3. The molecule has 0 rings (SSSR count). The summed E-state index contributed by atoms with van der Waals surface area (Å²) in [7, 11) is 0. The number of nitrogens with two attached hydrogens (primary N) is 2. The fourth-order valence-corrected chi connectivity index (χ4v) is 1.04. The first-order valence-corrected chi connectivity index (χ1v) is 4.59. The third-order valence-corrected chi connectivity index (χ3v) is 1.81. The van der Waals surface area contributed by atoms with Crippen LogP contribution >= 0.6 is 0 Å². The SMILES string of the molecule is CCNC(O)C(N)CCCCN. The zero-order valence-electron chi connectivity index (χ0n) is 7.79. The monoisotopic (exact) mass is 175 g/mol. The summed E-state index contributed by atoms with van der Waals surface area (Å²) in [5.74, 6) is 0. The summed E-state index contributed by atoms with van der Waals surface area (Å²) in [5, 5.41) is 12.2. The van der Waals surface area contributed by atoms with Crippen LogP contribution in [0.5, 0.6) is 0 Å². The molecule has 0 bridgehead atoms. The molecule has 0 aliphatic rings. The number of aliphatic hydroxyl groups is 1. The summed E-state index contributed by atoms with van der Waals surface area (Å²) < 4.78 is 0. The number of likely N-dealkylation sites (N-methyl/N-ethyl adjacent to an activating group) is 1. The van der Waals surface area contributed by atoms with Gasteiger partial charge in [0.05, 0.1) is 0 Å². The van der Waals surface area contributed by atoms with Crippen molar-refractivity contribution in [1.82, 2.24) is 5.32 Å². The first kappa shape index (κ1) is 11.8. The van der Waals surface area contributed by atoms with E-state index in [1.54, 1.807) is 0 Å². The van der Waals surface area contributed by atoms with Crippen LogP contribution in [0.15, 0.2) is 0 Å². The van der Waals surface area contributed by atoms with Crippen LogP contribution in [0, 0.1) is 0 Å². The van der Waals surface area contributed by atoms with Gasteiger partial charge in [-0.3, -0.25) is 5.32 Å². The van der Waals surface area contributed by atoms with Crippen molar-refractivity contribution in [3.63, 3.8) is 0 Å². The van der Waals surface area contributed by atoms with E-state index in [0.717, 1.165) is 25.8 Å². The van der Waals surface area contributed by atoms with E-state index in [2.05, 4.69) is 5.32 Å². The summed E-state index contributed by atoms with van der Waals surface area (Å²) in [6.07, 6.45) is 2.21. The lowest BCUT2D eigenvalue weighted by atomic mass is 10.1. The molecule has 0 spiro atoms. The van der Waals surface area contributed by atoms with Crippen molar-refractivity contribution in [3.8, 4) is 0 Å². The Balaban J connectivity index is 3.35. The first-order chi connectivity index (χ1) is 5.72. The lowest BCUT2D eigenvalue weighted by Gasteiger charge is -2.18. The van der Waals surface area contributed by atoms with Gasteiger partial charge in [-0.05, 0) is 25.9 Å². The van der Waals surface area contributed by atoms with E-state index in [9.17, 15) is 5.11 Å². The Hall–Kier alpha value is -0.160. The zero-order valence-corrected chi connectivity index (χ0v) is 7.79. The second-order valence-electron chi connectivity index (χ2n) is 2.95. The van der Waals surface area contributed by atoms with Crippen molar-refractivity contribution in [2.45, 2.75) is 38.5 Å². The molecular weight excluding hydrogens is 154 g/mol. The molecule has 0 heterocycles. The summed E-state index contributed by atoms with van der Waals surface area (Å²) in [6, 6.07) is -0.170. The molecule has 0 aliphatic heterocycles. The highest BCUT2D eigenvalue weighted by molar-refractivity contribution is 4.69. The molecule has 0 radical (unpaired) electrons. The summed E-state index contributed by atoms with van der Waals surface area (Å²) in [5.41, 5.74) is 11.0. The van der Waals surface area contributed by atoms with Crippen molar-refractivity contribution in [2.24, 2.45) is 11.5 Å². The predicted octanol–water partition coefficient (Wildman–Crippen LogP) is -0.629. The molecule has 74 valence electrons. The number of rotatable bonds is 7. The summed E-state index contributed by atoms with van der Waals surface area (Å²) in [4.78, 5) is 0. The molecule has 4 heteroatoms. The maximum atomic E-state index is 9.35. The lowest BCUT2D eigenvalue weighted by molar-refractivity contribution is 0.107. The topological polar surface area (TPSA) is 84.3 Å². The highest BCUT2D eigenvalue weighted by Gasteiger charge is 2.11. The van der Waals surface area contributed by atoms with E-state index in [1.807, 2.05) is 6.92 Å². The van der Waals surface area contributed by atoms with E-state index in [0.29, 0.717) is 6.54 Å². The average Bonchev–Trinajstić information content (AvgIpc) is 2.05. The molecule has 0 saturated carbocycles. The molecule has 0 amide bonds. The predicted molar refractivity (Wildman–Crippen MR) is 50.6 cm³/mol. The lowest BCUT2D eigenvalue weighted by Crippen LogP contribution is -2.44. The van der Waals surface area contributed by atoms with Gasteiger partial charge >= 0.3 is 0 Å². The van der Waals surface area contributed by atoms with E-state index < -0.39 is 6.23 Å².